The summed E-state index contributed by atoms with van der Waals surface area (Å²) in [5, 5.41) is 1.30. The number of nitrogens with zero attached hydrogens (tertiary/aromatic N) is 1. The van der Waals surface area contributed by atoms with Crippen LogP contribution in [0.4, 0.5) is 0 Å². The van der Waals surface area contributed by atoms with Crippen LogP contribution in [0.15, 0.2) is 18.2 Å². The molecule has 0 aliphatic rings. The maximum Gasteiger partial charge on any atom is 0.155 e. The summed E-state index contributed by atoms with van der Waals surface area (Å²) in [6.07, 6.45) is 0. The first-order valence-electron chi connectivity index (χ1n) is 3.60. The SMILES string of the molecule is Bc1snc2ccc(C)cc12. The number of rotatable bonds is 0. The van der Waals surface area contributed by atoms with E-state index >= 15 is 0 Å². The van der Waals surface area contributed by atoms with Gasteiger partial charge in [-0.05, 0) is 23.8 Å². The van der Waals surface area contributed by atoms with Gasteiger partial charge in [0.2, 0.25) is 0 Å². The van der Waals surface area contributed by atoms with Crippen molar-refractivity contribution in [3.8, 4) is 0 Å². The molecule has 3 heteroatoms. The second-order valence-corrected chi connectivity index (χ2v) is 3.74. The first-order chi connectivity index (χ1) is 5.27. The van der Waals surface area contributed by atoms with Crippen LogP contribution in [0.5, 0.6) is 0 Å². The van der Waals surface area contributed by atoms with E-state index in [0.29, 0.717) is 0 Å². The van der Waals surface area contributed by atoms with Gasteiger partial charge in [-0.15, -0.1) is 0 Å². The summed E-state index contributed by atoms with van der Waals surface area (Å²) in [5.41, 5.74) is 2.43. The summed E-state index contributed by atoms with van der Waals surface area (Å²) in [4.78, 5) is 0. The van der Waals surface area contributed by atoms with Crippen molar-refractivity contribution in [3.05, 3.63) is 23.8 Å². The first-order valence-corrected chi connectivity index (χ1v) is 4.37. The minimum Gasteiger partial charge on any atom is -0.193 e. The highest BCUT2D eigenvalue weighted by atomic mass is 32.1. The van der Waals surface area contributed by atoms with Crippen molar-refractivity contribution < 1.29 is 0 Å². The Morgan fingerprint density at radius 2 is 2.27 bits per heavy atom. The second kappa shape index (κ2) is 2.34. The van der Waals surface area contributed by atoms with E-state index in [1.165, 1.54) is 15.7 Å². The Morgan fingerprint density at radius 3 is 3.09 bits per heavy atom. The molecule has 0 saturated heterocycles. The van der Waals surface area contributed by atoms with Crippen LogP contribution >= 0.6 is 11.5 Å². The quantitative estimate of drug-likeness (QED) is 0.522. The monoisotopic (exact) mass is 161 g/mol. The van der Waals surface area contributed by atoms with Crippen molar-refractivity contribution in [2.24, 2.45) is 0 Å². The van der Waals surface area contributed by atoms with Gasteiger partial charge in [0.05, 0.1) is 5.52 Å². The first kappa shape index (κ1) is 6.86. The Labute approximate surface area is 70.6 Å². The molecule has 0 N–H and O–H groups in total. The van der Waals surface area contributed by atoms with E-state index in [4.69, 9.17) is 0 Å². The van der Waals surface area contributed by atoms with Crippen LogP contribution in [0.25, 0.3) is 10.9 Å². The van der Waals surface area contributed by atoms with Gasteiger partial charge in [-0.2, -0.15) is 4.37 Å². The molecule has 1 aromatic carbocycles. The molecule has 11 heavy (non-hydrogen) atoms. The Bertz CT molecular complexity index is 394. The lowest BCUT2D eigenvalue weighted by Crippen LogP contribution is -1.93. The molecule has 2 rings (SSSR count). The summed E-state index contributed by atoms with van der Waals surface area (Å²) in [6.45, 7) is 2.11. The molecule has 1 aromatic heterocycles. The summed E-state index contributed by atoms with van der Waals surface area (Å²) in [7, 11) is 2.11. The van der Waals surface area contributed by atoms with Crippen LogP contribution in [0, 0.1) is 6.92 Å². The Hall–Kier alpha value is -0.825. The molecule has 54 valence electrons. The summed E-state index contributed by atoms with van der Waals surface area (Å²) >= 11 is 1.58. The van der Waals surface area contributed by atoms with Gasteiger partial charge in [-0.25, -0.2) is 0 Å². The van der Waals surface area contributed by atoms with Crippen LogP contribution in [-0.4, -0.2) is 12.2 Å². The molecule has 0 amide bonds. The number of benzene rings is 1. The minimum atomic E-state index is 1.12. The summed E-state index contributed by atoms with van der Waals surface area (Å²) < 4.78 is 5.61. The zero-order chi connectivity index (χ0) is 7.84. The predicted molar refractivity (Wildman–Crippen MR) is 52.5 cm³/mol. The Balaban J connectivity index is 2.87. The van der Waals surface area contributed by atoms with Crippen molar-refractivity contribution in [2.75, 3.05) is 0 Å². The molecule has 0 spiro atoms. The lowest BCUT2D eigenvalue weighted by atomic mass is 10.0. The van der Waals surface area contributed by atoms with Crippen LogP contribution in [0.1, 0.15) is 5.56 Å². The predicted octanol–water partition coefficient (Wildman–Crippen LogP) is 0.863. The fourth-order valence-corrected chi connectivity index (χ4v) is 1.83. The Morgan fingerprint density at radius 1 is 1.45 bits per heavy atom. The molecular weight excluding hydrogens is 153 g/mol. The lowest BCUT2D eigenvalue weighted by Gasteiger charge is -1.91. The van der Waals surface area contributed by atoms with E-state index in [9.17, 15) is 0 Å². The highest BCUT2D eigenvalue weighted by Crippen LogP contribution is 2.13. The van der Waals surface area contributed by atoms with Crippen molar-refractivity contribution in [2.45, 2.75) is 6.92 Å². The van der Waals surface area contributed by atoms with Crippen LogP contribution < -0.4 is 4.78 Å². The fourth-order valence-electron chi connectivity index (χ4n) is 1.18. The van der Waals surface area contributed by atoms with Crippen molar-refractivity contribution in [1.29, 1.82) is 0 Å². The van der Waals surface area contributed by atoms with Crippen molar-refractivity contribution >= 4 is 35.1 Å². The maximum atomic E-state index is 4.30. The number of aryl methyl sites for hydroxylation is 1. The van der Waals surface area contributed by atoms with Gasteiger partial charge in [0.15, 0.2) is 7.85 Å². The van der Waals surface area contributed by atoms with Crippen LogP contribution in [-0.2, 0) is 0 Å². The third-order valence-corrected chi connectivity index (χ3v) is 2.59. The smallest absolute Gasteiger partial charge is 0.155 e. The van der Waals surface area contributed by atoms with Gasteiger partial charge < -0.3 is 0 Å². The molecular formula is C8H8BNS. The average molecular weight is 161 g/mol. The molecule has 0 fully saturated rings. The number of aromatic nitrogens is 1. The molecule has 0 aliphatic heterocycles. The van der Waals surface area contributed by atoms with E-state index < -0.39 is 0 Å². The number of hydrogen-bond donors (Lipinski definition) is 0. The molecule has 1 heterocycles. The maximum absolute atomic E-state index is 4.30. The largest absolute Gasteiger partial charge is 0.193 e. The summed E-state index contributed by atoms with van der Waals surface area (Å²) in [5.74, 6) is 0. The van der Waals surface area contributed by atoms with Crippen LogP contribution in [0.3, 0.4) is 0 Å². The minimum absolute atomic E-state index is 1.12. The van der Waals surface area contributed by atoms with E-state index in [1.807, 2.05) is 0 Å². The highest BCUT2D eigenvalue weighted by molar-refractivity contribution is 7.16. The third kappa shape index (κ3) is 1.05. The normalized spacial score (nSPS) is 10.6. The van der Waals surface area contributed by atoms with Gasteiger partial charge in [0, 0.05) is 5.39 Å². The van der Waals surface area contributed by atoms with Gasteiger partial charge in [0.25, 0.3) is 0 Å². The number of hydrogen-bond acceptors (Lipinski definition) is 2. The molecule has 0 radical (unpaired) electrons. The van der Waals surface area contributed by atoms with Gasteiger partial charge in [0.1, 0.15) is 0 Å². The Kier molecular flexibility index (Phi) is 1.46. The number of fused-ring (bicyclic) bond motifs is 1. The van der Waals surface area contributed by atoms with E-state index in [-0.39, 0.29) is 0 Å². The third-order valence-electron chi connectivity index (χ3n) is 1.81. The zero-order valence-electron chi connectivity index (χ0n) is 6.59. The van der Waals surface area contributed by atoms with E-state index in [0.717, 1.165) is 5.52 Å². The average Bonchev–Trinajstić information content (AvgIpc) is 2.33. The molecule has 2 aromatic rings. The van der Waals surface area contributed by atoms with Gasteiger partial charge in [-0.1, -0.05) is 23.2 Å². The molecule has 0 bridgehead atoms. The second-order valence-electron chi connectivity index (χ2n) is 2.76. The van der Waals surface area contributed by atoms with Gasteiger partial charge in [-0.3, -0.25) is 0 Å². The van der Waals surface area contributed by atoms with Gasteiger partial charge >= 0.3 is 0 Å². The zero-order valence-corrected chi connectivity index (χ0v) is 7.40. The molecule has 0 atom stereocenters. The van der Waals surface area contributed by atoms with Crippen LogP contribution in [0.2, 0.25) is 0 Å². The molecule has 0 unspecified atom stereocenters. The topological polar surface area (TPSA) is 12.9 Å². The molecule has 0 saturated carbocycles. The van der Waals surface area contributed by atoms with E-state index in [2.05, 4.69) is 37.3 Å². The molecule has 1 nitrogen and oxygen atoms in total. The highest BCUT2D eigenvalue weighted by Gasteiger charge is 1.99. The fraction of sp³-hybridized carbons (Fsp3) is 0.125. The lowest BCUT2D eigenvalue weighted by molar-refractivity contribution is 1.50. The standard InChI is InChI=1S/C8H8BNS/c1-5-2-3-7-6(4-5)8(9)11-10-7/h2-4H,9H2,1H3. The molecule has 0 aliphatic carbocycles. The van der Waals surface area contributed by atoms with Crippen molar-refractivity contribution in [3.63, 3.8) is 0 Å². The summed E-state index contributed by atoms with van der Waals surface area (Å²) in [6, 6.07) is 6.36. The van der Waals surface area contributed by atoms with Crippen molar-refractivity contribution in [1.82, 2.24) is 4.37 Å². The van der Waals surface area contributed by atoms with E-state index in [1.54, 1.807) is 11.5 Å².